The molecule has 2 heterocycles. The Morgan fingerprint density at radius 3 is 2.42 bits per heavy atom. The molecular weight excluding hydrogens is 306 g/mol. The molecule has 0 aliphatic carbocycles. The quantitative estimate of drug-likeness (QED) is 0.627. The van der Waals surface area contributed by atoms with Gasteiger partial charge in [0, 0.05) is 18.2 Å². The van der Waals surface area contributed by atoms with Crippen LogP contribution in [-0.4, -0.2) is 35.7 Å². The molecule has 2 aliphatic heterocycles. The van der Waals surface area contributed by atoms with Gasteiger partial charge in [-0.2, -0.15) is 0 Å². The van der Waals surface area contributed by atoms with Crippen LogP contribution in [0.3, 0.4) is 0 Å². The highest BCUT2D eigenvalue weighted by Gasteiger charge is 2.42. The summed E-state index contributed by atoms with van der Waals surface area (Å²) in [6.45, 7) is 2.47. The lowest BCUT2D eigenvalue weighted by Gasteiger charge is -2.35. The summed E-state index contributed by atoms with van der Waals surface area (Å²) in [6, 6.07) is 9.95. The van der Waals surface area contributed by atoms with Gasteiger partial charge in [-0.3, -0.25) is 0 Å². The van der Waals surface area contributed by atoms with E-state index < -0.39 is 0 Å². The first-order valence-electron chi connectivity index (χ1n) is 8.52. The third-order valence-electron chi connectivity index (χ3n) is 4.64. The summed E-state index contributed by atoms with van der Waals surface area (Å²) in [6.07, 6.45) is 4.74. The van der Waals surface area contributed by atoms with Gasteiger partial charge in [0.15, 0.2) is 0 Å². The zero-order chi connectivity index (χ0) is 16.9. The molecule has 0 aromatic heterocycles. The fraction of sp³-hybridized carbons (Fsp3) is 0.474. The number of carbonyl (C=O) groups is 2. The second kappa shape index (κ2) is 7.51. The van der Waals surface area contributed by atoms with Crippen molar-refractivity contribution in [3.8, 4) is 0 Å². The van der Waals surface area contributed by atoms with Crippen LogP contribution >= 0.6 is 0 Å². The second-order valence-electron chi connectivity index (χ2n) is 6.30. The van der Waals surface area contributed by atoms with Crippen molar-refractivity contribution >= 4 is 12.1 Å². The maximum Gasteiger partial charge on any atom is 0.410 e. The maximum atomic E-state index is 12.5. The predicted molar refractivity (Wildman–Crippen MR) is 89.2 cm³/mol. The van der Waals surface area contributed by atoms with Crippen LogP contribution in [0.25, 0.3) is 0 Å². The first kappa shape index (κ1) is 16.6. The zero-order valence-electron chi connectivity index (χ0n) is 13.9. The Balaban J connectivity index is 1.58. The van der Waals surface area contributed by atoms with Crippen molar-refractivity contribution in [2.24, 2.45) is 0 Å². The summed E-state index contributed by atoms with van der Waals surface area (Å²) in [5.74, 6) is -0.285. The third-order valence-corrected chi connectivity index (χ3v) is 4.64. The van der Waals surface area contributed by atoms with E-state index in [2.05, 4.69) is 0 Å². The molecule has 1 aromatic rings. The third kappa shape index (κ3) is 3.78. The lowest BCUT2D eigenvalue weighted by molar-refractivity contribution is -0.137. The van der Waals surface area contributed by atoms with Gasteiger partial charge in [0.2, 0.25) is 0 Å². The Morgan fingerprint density at radius 1 is 1.12 bits per heavy atom. The second-order valence-corrected chi connectivity index (χ2v) is 6.30. The molecule has 1 aromatic carbocycles. The number of hydrogen-bond acceptors (Lipinski definition) is 4. The molecule has 24 heavy (non-hydrogen) atoms. The minimum absolute atomic E-state index is 0.132. The number of ether oxygens (including phenoxy) is 2. The molecule has 2 atom stereocenters. The van der Waals surface area contributed by atoms with E-state index in [1.54, 1.807) is 13.0 Å². The SMILES string of the molecule is CCOC(=O)C=C1CC2CCC(C1)N2C(=O)OCc1ccccc1. The molecule has 2 bridgehead atoms. The Bertz CT molecular complexity index is 610. The Kier molecular flexibility index (Phi) is 5.18. The summed E-state index contributed by atoms with van der Waals surface area (Å²) in [7, 11) is 0. The number of piperidine rings is 1. The molecule has 5 nitrogen and oxygen atoms in total. The minimum atomic E-state index is -0.285. The number of hydrogen-bond donors (Lipinski definition) is 0. The molecule has 2 fully saturated rings. The standard InChI is InChI=1S/C19H23NO4/c1-2-23-18(21)12-15-10-16-8-9-17(11-15)20(16)19(22)24-13-14-6-4-3-5-7-14/h3-7,12,16-17H,2,8-11,13H2,1H3. The molecule has 2 aliphatic rings. The van der Waals surface area contributed by atoms with Crippen LogP contribution in [0, 0.1) is 0 Å². The van der Waals surface area contributed by atoms with Crippen molar-refractivity contribution in [3.05, 3.63) is 47.5 Å². The lowest BCUT2D eigenvalue weighted by Crippen LogP contribution is -2.45. The number of benzene rings is 1. The summed E-state index contributed by atoms with van der Waals surface area (Å²) in [5, 5.41) is 0. The van der Waals surface area contributed by atoms with E-state index in [1.807, 2.05) is 35.2 Å². The van der Waals surface area contributed by atoms with Gasteiger partial charge >= 0.3 is 12.1 Å². The van der Waals surface area contributed by atoms with E-state index in [-0.39, 0.29) is 24.1 Å². The van der Waals surface area contributed by atoms with E-state index in [0.717, 1.165) is 36.8 Å². The average Bonchev–Trinajstić information content (AvgIpc) is 2.85. The number of esters is 1. The summed E-state index contributed by atoms with van der Waals surface area (Å²) in [5.41, 5.74) is 2.06. The molecule has 0 spiro atoms. The predicted octanol–water partition coefficient (Wildman–Crippen LogP) is 3.44. The minimum Gasteiger partial charge on any atom is -0.463 e. The van der Waals surface area contributed by atoms with Crippen molar-refractivity contribution in [2.75, 3.05) is 6.61 Å². The molecular formula is C19H23NO4. The number of nitrogens with zero attached hydrogens (tertiary/aromatic N) is 1. The monoisotopic (exact) mass is 329 g/mol. The highest BCUT2D eigenvalue weighted by molar-refractivity contribution is 5.83. The van der Waals surface area contributed by atoms with Crippen LogP contribution in [0.15, 0.2) is 42.0 Å². The zero-order valence-corrected chi connectivity index (χ0v) is 13.9. The number of amides is 1. The van der Waals surface area contributed by atoms with Crippen LogP contribution in [0.2, 0.25) is 0 Å². The van der Waals surface area contributed by atoms with E-state index in [9.17, 15) is 9.59 Å². The molecule has 1 amide bonds. The van der Waals surface area contributed by atoms with E-state index in [1.165, 1.54) is 0 Å². The highest BCUT2D eigenvalue weighted by atomic mass is 16.6. The van der Waals surface area contributed by atoms with Crippen LogP contribution in [-0.2, 0) is 20.9 Å². The molecule has 0 saturated carbocycles. The van der Waals surface area contributed by atoms with Crippen LogP contribution in [0.4, 0.5) is 4.79 Å². The van der Waals surface area contributed by atoms with Gasteiger partial charge in [-0.1, -0.05) is 35.9 Å². The van der Waals surface area contributed by atoms with E-state index in [0.29, 0.717) is 13.2 Å². The normalized spacial score (nSPS) is 22.2. The first-order valence-corrected chi connectivity index (χ1v) is 8.52. The Morgan fingerprint density at radius 2 is 1.79 bits per heavy atom. The number of fused-ring (bicyclic) bond motifs is 2. The van der Waals surface area contributed by atoms with Crippen LogP contribution in [0.5, 0.6) is 0 Å². The van der Waals surface area contributed by atoms with E-state index >= 15 is 0 Å². The number of rotatable bonds is 4. The summed E-state index contributed by atoms with van der Waals surface area (Å²) in [4.78, 5) is 25.9. The molecule has 0 N–H and O–H groups in total. The largest absolute Gasteiger partial charge is 0.463 e. The lowest BCUT2D eigenvalue weighted by atomic mass is 9.97. The first-order chi connectivity index (χ1) is 11.7. The van der Waals surface area contributed by atoms with Crippen LogP contribution < -0.4 is 0 Å². The Hall–Kier alpha value is -2.30. The highest BCUT2D eigenvalue weighted by Crippen LogP contribution is 2.38. The van der Waals surface area contributed by atoms with Gasteiger partial charge in [-0.25, -0.2) is 9.59 Å². The van der Waals surface area contributed by atoms with Crippen molar-refractivity contribution in [1.82, 2.24) is 4.90 Å². The van der Waals surface area contributed by atoms with Crippen molar-refractivity contribution in [1.29, 1.82) is 0 Å². The van der Waals surface area contributed by atoms with Crippen molar-refractivity contribution in [2.45, 2.75) is 51.3 Å². The van der Waals surface area contributed by atoms with Gasteiger partial charge in [0.05, 0.1) is 6.61 Å². The number of carbonyl (C=O) groups excluding carboxylic acids is 2. The smallest absolute Gasteiger partial charge is 0.410 e. The van der Waals surface area contributed by atoms with Crippen molar-refractivity contribution in [3.63, 3.8) is 0 Å². The molecule has 128 valence electrons. The van der Waals surface area contributed by atoms with Crippen LogP contribution in [0.1, 0.15) is 38.2 Å². The van der Waals surface area contributed by atoms with Crippen molar-refractivity contribution < 1.29 is 19.1 Å². The molecule has 3 rings (SSSR count). The maximum absolute atomic E-state index is 12.5. The van der Waals surface area contributed by atoms with Gasteiger partial charge < -0.3 is 14.4 Å². The van der Waals surface area contributed by atoms with Gasteiger partial charge in [-0.15, -0.1) is 0 Å². The summed E-state index contributed by atoms with van der Waals surface area (Å²) < 4.78 is 10.5. The van der Waals surface area contributed by atoms with Gasteiger partial charge in [0.25, 0.3) is 0 Å². The molecule has 2 unspecified atom stereocenters. The molecule has 2 saturated heterocycles. The van der Waals surface area contributed by atoms with E-state index in [4.69, 9.17) is 9.47 Å². The van der Waals surface area contributed by atoms with Gasteiger partial charge in [0.1, 0.15) is 6.61 Å². The molecule has 5 heteroatoms. The topological polar surface area (TPSA) is 55.8 Å². The summed E-state index contributed by atoms with van der Waals surface area (Å²) >= 11 is 0. The Labute approximate surface area is 142 Å². The molecule has 0 radical (unpaired) electrons. The van der Waals surface area contributed by atoms with Gasteiger partial charge in [-0.05, 0) is 38.2 Å². The fourth-order valence-electron chi connectivity index (χ4n) is 3.61. The fourth-order valence-corrected chi connectivity index (χ4v) is 3.61. The average molecular weight is 329 g/mol.